The fourth-order valence-electron chi connectivity index (χ4n) is 2.35. The summed E-state index contributed by atoms with van der Waals surface area (Å²) in [6.45, 7) is 0.567. The van der Waals surface area contributed by atoms with Gasteiger partial charge in [0.1, 0.15) is 0 Å². The van der Waals surface area contributed by atoms with Crippen LogP contribution in [0.2, 0.25) is 0 Å². The van der Waals surface area contributed by atoms with E-state index in [0.717, 1.165) is 19.6 Å². The molecule has 0 fully saturated rings. The van der Waals surface area contributed by atoms with Crippen LogP contribution in [0.25, 0.3) is 0 Å². The second-order valence-corrected chi connectivity index (χ2v) is 8.34. The van der Waals surface area contributed by atoms with Crippen molar-refractivity contribution in [3.05, 3.63) is 48.5 Å². The number of hydrogen-bond donors (Lipinski definition) is 1. The van der Waals surface area contributed by atoms with Crippen molar-refractivity contribution in [2.45, 2.75) is 6.42 Å². The SMILES string of the molecule is O=C(O)c1ccc2c(c1)N(C(=O)c1cc(Br)sc1Br)CC2. The van der Waals surface area contributed by atoms with E-state index in [1.54, 1.807) is 29.2 Å². The Morgan fingerprint density at radius 2 is 2.00 bits per heavy atom. The molecule has 2 heterocycles. The number of hydrogen-bond acceptors (Lipinski definition) is 3. The lowest BCUT2D eigenvalue weighted by atomic mass is 10.1. The summed E-state index contributed by atoms with van der Waals surface area (Å²) in [7, 11) is 0. The van der Waals surface area contributed by atoms with E-state index in [0.29, 0.717) is 17.8 Å². The van der Waals surface area contributed by atoms with Crippen LogP contribution in [-0.2, 0) is 6.42 Å². The molecule has 0 radical (unpaired) electrons. The summed E-state index contributed by atoms with van der Waals surface area (Å²) < 4.78 is 1.64. The average molecular weight is 431 g/mol. The van der Waals surface area contributed by atoms with Crippen LogP contribution in [0.5, 0.6) is 0 Å². The van der Waals surface area contributed by atoms with E-state index in [9.17, 15) is 9.59 Å². The number of thiophene rings is 1. The van der Waals surface area contributed by atoms with Crippen LogP contribution in [0.4, 0.5) is 5.69 Å². The molecule has 7 heteroatoms. The number of carboxylic acid groups (broad SMARTS) is 1. The van der Waals surface area contributed by atoms with Crippen molar-refractivity contribution in [3.8, 4) is 0 Å². The molecule has 0 bridgehead atoms. The van der Waals surface area contributed by atoms with Crippen molar-refractivity contribution in [3.63, 3.8) is 0 Å². The molecule has 0 atom stereocenters. The Morgan fingerprint density at radius 3 is 2.62 bits per heavy atom. The average Bonchev–Trinajstić information content (AvgIpc) is 3.00. The largest absolute Gasteiger partial charge is 0.478 e. The van der Waals surface area contributed by atoms with Crippen molar-refractivity contribution in [1.82, 2.24) is 0 Å². The second kappa shape index (κ2) is 5.55. The molecule has 1 aromatic heterocycles. The van der Waals surface area contributed by atoms with E-state index in [4.69, 9.17) is 5.11 Å². The minimum Gasteiger partial charge on any atom is -0.478 e. The highest BCUT2D eigenvalue weighted by Crippen LogP contribution is 2.36. The van der Waals surface area contributed by atoms with Crippen molar-refractivity contribution < 1.29 is 14.7 Å². The van der Waals surface area contributed by atoms with Gasteiger partial charge in [0.05, 0.1) is 18.7 Å². The molecule has 1 aromatic carbocycles. The molecule has 4 nitrogen and oxygen atoms in total. The summed E-state index contributed by atoms with van der Waals surface area (Å²) >= 11 is 8.19. The molecule has 0 saturated carbocycles. The molecule has 0 spiro atoms. The number of amides is 1. The number of carbonyl (C=O) groups excluding carboxylic acids is 1. The molecule has 2 aromatic rings. The van der Waals surface area contributed by atoms with E-state index in [1.807, 2.05) is 0 Å². The number of aromatic carboxylic acids is 1. The molecule has 3 rings (SSSR count). The highest BCUT2D eigenvalue weighted by molar-refractivity contribution is 9.12. The summed E-state index contributed by atoms with van der Waals surface area (Å²) in [6, 6.07) is 6.70. The fourth-order valence-corrected chi connectivity index (χ4v) is 5.13. The van der Waals surface area contributed by atoms with Crippen molar-refractivity contribution in [2.24, 2.45) is 0 Å². The van der Waals surface area contributed by atoms with Crippen molar-refractivity contribution in [1.29, 1.82) is 0 Å². The number of rotatable bonds is 2. The van der Waals surface area contributed by atoms with Gasteiger partial charge in [-0.25, -0.2) is 4.79 Å². The van der Waals surface area contributed by atoms with Crippen LogP contribution in [0.15, 0.2) is 31.8 Å². The topological polar surface area (TPSA) is 57.6 Å². The molecule has 1 aliphatic rings. The minimum absolute atomic E-state index is 0.120. The molecule has 108 valence electrons. The number of nitrogens with zero attached hydrogens (tertiary/aromatic N) is 1. The van der Waals surface area contributed by atoms with Crippen molar-refractivity contribution in [2.75, 3.05) is 11.4 Å². The Balaban J connectivity index is 2.00. The predicted molar refractivity (Wildman–Crippen MR) is 88.5 cm³/mol. The molecule has 0 saturated heterocycles. The molecule has 21 heavy (non-hydrogen) atoms. The zero-order valence-corrected chi connectivity index (χ0v) is 14.6. The molecule has 0 unspecified atom stereocenters. The normalized spacial score (nSPS) is 13.3. The maximum Gasteiger partial charge on any atom is 0.335 e. The Kier molecular flexibility index (Phi) is 3.90. The standard InChI is InChI=1S/C14H9Br2NO3S/c15-11-6-9(12(16)21-11)13(18)17-4-3-7-1-2-8(14(19)20)5-10(7)17/h1-2,5-6H,3-4H2,(H,19,20). The number of carbonyl (C=O) groups is 2. The molecule has 1 N–H and O–H groups in total. The van der Waals surface area contributed by atoms with Gasteiger partial charge < -0.3 is 10.0 Å². The maximum atomic E-state index is 12.7. The maximum absolute atomic E-state index is 12.7. The Labute approximate surface area is 141 Å². The zero-order chi connectivity index (χ0) is 15.1. The summed E-state index contributed by atoms with van der Waals surface area (Å²) in [4.78, 5) is 25.4. The summed E-state index contributed by atoms with van der Waals surface area (Å²) in [6.07, 6.45) is 0.740. The van der Waals surface area contributed by atoms with Gasteiger partial charge in [-0.05, 0) is 62.0 Å². The van der Waals surface area contributed by atoms with E-state index in [-0.39, 0.29) is 11.5 Å². The fraction of sp³-hybridized carbons (Fsp3) is 0.143. The highest BCUT2D eigenvalue weighted by Gasteiger charge is 2.28. The van der Waals surface area contributed by atoms with E-state index in [2.05, 4.69) is 31.9 Å². The van der Waals surface area contributed by atoms with Gasteiger partial charge in [0, 0.05) is 12.2 Å². The van der Waals surface area contributed by atoms with E-state index in [1.165, 1.54) is 11.3 Å². The Bertz CT molecular complexity index is 757. The third kappa shape index (κ3) is 2.65. The first-order valence-electron chi connectivity index (χ1n) is 6.10. The van der Waals surface area contributed by atoms with Gasteiger partial charge in [0.2, 0.25) is 0 Å². The van der Waals surface area contributed by atoms with Crippen LogP contribution in [0, 0.1) is 0 Å². The molecule has 1 aliphatic heterocycles. The predicted octanol–water partition coefficient (Wildman–Crippen LogP) is 4.17. The molecule has 1 amide bonds. The first kappa shape index (κ1) is 14.7. The summed E-state index contributed by atoms with van der Waals surface area (Å²) in [5, 5.41) is 9.09. The van der Waals surface area contributed by atoms with Gasteiger partial charge in [-0.3, -0.25) is 4.79 Å². The smallest absolute Gasteiger partial charge is 0.335 e. The van der Waals surface area contributed by atoms with Crippen molar-refractivity contribution >= 4 is 60.8 Å². The number of anilines is 1. The van der Waals surface area contributed by atoms with Gasteiger partial charge >= 0.3 is 5.97 Å². The quantitative estimate of drug-likeness (QED) is 0.777. The molecular formula is C14H9Br2NO3S. The van der Waals surface area contributed by atoms with E-state index >= 15 is 0 Å². The van der Waals surface area contributed by atoms with Crippen LogP contribution < -0.4 is 4.90 Å². The molecular weight excluding hydrogens is 422 g/mol. The first-order valence-corrected chi connectivity index (χ1v) is 8.50. The van der Waals surface area contributed by atoms with Gasteiger partial charge in [0.15, 0.2) is 0 Å². The van der Waals surface area contributed by atoms with Gasteiger partial charge in [-0.1, -0.05) is 6.07 Å². The second-order valence-electron chi connectivity index (χ2n) is 4.59. The van der Waals surface area contributed by atoms with Crippen LogP contribution in [0.3, 0.4) is 0 Å². The minimum atomic E-state index is -0.989. The summed E-state index contributed by atoms with van der Waals surface area (Å²) in [5.41, 5.74) is 2.47. The third-order valence-corrected chi connectivity index (χ3v) is 5.70. The third-order valence-electron chi connectivity index (χ3n) is 3.36. The Hall–Kier alpha value is -1.18. The summed E-state index contributed by atoms with van der Waals surface area (Å²) in [5.74, 6) is -1.11. The monoisotopic (exact) mass is 429 g/mol. The number of carboxylic acids is 1. The number of halogens is 2. The van der Waals surface area contributed by atoms with Crippen LogP contribution in [-0.4, -0.2) is 23.5 Å². The highest BCUT2D eigenvalue weighted by atomic mass is 79.9. The lowest BCUT2D eigenvalue weighted by Crippen LogP contribution is -2.28. The van der Waals surface area contributed by atoms with Crippen LogP contribution in [0.1, 0.15) is 26.3 Å². The first-order chi connectivity index (χ1) is 9.97. The van der Waals surface area contributed by atoms with Gasteiger partial charge in [-0.2, -0.15) is 0 Å². The lowest BCUT2D eigenvalue weighted by Gasteiger charge is -2.17. The Morgan fingerprint density at radius 1 is 1.24 bits per heavy atom. The zero-order valence-electron chi connectivity index (χ0n) is 10.6. The van der Waals surface area contributed by atoms with Gasteiger partial charge in [-0.15, -0.1) is 11.3 Å². The van der Waals surface area contributed by atoms with Gasteiger partial charge in [0.25, 0.3) is 5.91 Å². The lowest BCUT2D eigenvalue weighted by molar-refractivity contribution is 0.0696. The van der Waals surface area contributed by atoms with Crippen LogP contribution >= 0.6 is 43.2 Å². The number of fused-ring (bicyclic) bond motifs is 1. The molecule has 0 aliphatic carbocycles. The number of benzene rings is 1. The van der Waals surface area contributed by atoms with E-state index < -0.39 is 5.97 Å².